The predicted octanol–water partition coefficient (Wildman–Crippen LogP) is 0.565. The molecule has 0 amide bonds. The Morgan fingerprint density at radius 2 is 2.00 bits per heavy atom. The maximum atomic E-state index is 11.5. The topological polar surface area (TPSA) is 69.4 Å². The van der Waals surface area contributed by atoms with Gasteiger partial charge in [0.15, 0.2) is 9.84 Å². The monoisotopic (exact) mass is 223 g/mol. The first kappa shape index (κ1) is 13.9. The van der Waals surface area contributed by atoms with Crippen molar-refractivity contribution < 1.29 is 13.2 Å². The zero-order valence-corrected chi connectivity index (χ0v) is 9.85. The SMILES string of the molecule is CCCOCCS(=O)(=O)C(C)CCN. The third kappa shape index (κ3) is 5.57. The molecule has 0 bridgehead atoms. The molecule has 0 fully saturated rings. The fourth-order valence-electron chi connectivity index (χ4n) is 1.04. The molecule has 0 rings (SSSR count). The number of hydrogen-bond donors (Lipinski definition) is 1. The summed E-state index contributed by atoms with van der Waals surface area (Å²) in [4.78, 5) is 0. The van der Waals surface area contributed by atoms with E-state index >= 15 is 0 Å². The van der Waals surface area contributed by atoms with E-state index in [4.69, 9.17) is 10.5 Å². The smallest absolute Gasteiger partial charge is 0.155 e. The Morgan fingerprint density at radius 1 is 1.36 bits per heavy atom. The molecule has 86 valence electrons. The molecule has 1 unspecified atom stereocenters. The van der Waals surface area contributed by atoms with Crippen LogP contribution in [0, 0.1) is 0 Å². The van der Waals surface area contributed by atoms with E-state index in [0.717, 1.165) is 6.42 Å². The maximum Gasteiger partial charge on any atom is 0.155 e. The van der Waals surface area contributed by atoms with Gasteiger partial charge in [-0.1, -0.05) is 6.92 Å². The molecular formula is C9H21NO3S. The minimum absolute atomic E-state index is 0.105. The number of ether oxygens (including phenoxy) is 1. The number of rotatable bonds is 8. The third-order valence-electron chi connectivity index (χ3n) is 2.05. The zero-order chi connectivity index (χ0) is 11.0. The van der Waals surface area contributed by atoms with E-state index in [1.165, 1.54) is 0 Å². The molecule has 1 atom stereocenters. The Labute approximate surface area is 86.7 Å². The van der Waals surface area contributed by atoms with E-state index in [1.54, 1.807) is 6.92 Å². The lowest BCUT2D eigenvalue weighted by Gasteiger charge is -2.11. The maximum absolute atomic E-state index is 11.5. The van der Waals surface area contributed by atoms with Gasteiger partial charge in [0.25, 0.3) is 0 Å². The van der Waals surface area contributed by atoms with Crippen LogP contribution in [0.4, 0.5) is 0 Å². The van der Waals surface area contributed by atoms with E-state index in [-0.39, 0.29) is 11.0 Å². The number of sulfone groups is 1. The van der Waals surface area contributed by atoms with Gasteiger partial charge in [-0.3, -0.25) is 0 Å². The van der Waals surface area contributed by atoms with Crippen molar-refractivity contribution in [2.75, 3.05) is 25.5 Å². The first-order chi connectivity index (χ1) is 6.54. The van der Waals surface area contributed by atoms with Crippen LogP contribution in [-0.4, -0.2) is 39.2 Å². The quantitative estimate of drug-likeness (QED) is 0.611. The molecule has 2 N–H and O–H groups in total. The van der Waals surface area contributed by atoms with Crippen LogP contribution in [0.15, 0.2) is 0 Å². The largest absolute Gasteiger partial charge is 0.380 e. The summed E-state index contributed by atoms with van der Waals surface area (Å²) in [5.41, 5.74) is 5.31. The van der Waals surface area contributed by atoms with E-state index < -0.39 is 9.84 Å². The van der Waals surface area contributed by atoms with Gasteiger partial charge in [0, 0.05) is 6.61 Å². The highest BCUT2D eigenvalue weighted by atomic mass is 32.2. The highest BCUT2D eigenvalue weighted by Gasteiger charge is 2.19. The molecule has 0 saturated carbocycles. The minimum atomic E-state index is -3.01. The van der Waals surface area contributed by atoms with Crippen LogP contribution in [-0.2, 0) is 14.6 Å². The second-order valence-corrected chi connectivity index (χ2v) is 5.91. The van der Waals surface area contributed by atoms with Crippen molar-refractivity contribution in [1.82, 2.24) is 0 Å². The van der Waals surface area contributed by atoms with E-state index in [1.807, 2.05) is 6.92 Å². The molecular weight excluding hydrogens is 202 g/mol. The Morgan fingerprint density at radius 3 is 2.50 bits per heavy atom. The average Bonchev–Trinajstić information content (AvgIpc) is 2.13. The van der Waals surface area contributed by atoms with Gasteiger partial charge in [0.05, 0.1) is 17.6 Å². The standard InChI is InChI=1S/C9H21NO3S/c1-3-6-13-7-8-14(11,12)9(2)4-5-10/h9H,3-8,10H2,1-2H3. The molecule has 14 heavy (non-hydrogen) atoms. The Balaban J connectivity index is 3.83. The third-order valence-corrected chi connectivity index (χ3v) is 4.24. The molecule has 0 heterocycles. The predicted molar refractivity (Wildman–Crippen MR) is 58.0 cm³/mol. The van der Waals surface area contributed by atoms with Crippen LogP contribution in [0.25, 0.3) is 0 Å². The Bertz CT molecular complexity index is 226. The summed E-state index contributed by atoms with van der Waals surface area (Å²) in [7, 11) is -3.01. The van der Waals surface area contributed by atoms with Gasteiger partial charge in [-0.25, -0.2) is 8.42 Å². The summed E-state index contributed by atoms with van der Waals surface area (Å²) in [6.07, 6.45) is 1.44. The van der Waals surface area contributed by atoms with Gasteiger partial charge in [-0.2, -0.15) is 0 Å². The second kappa shape index (κ2) is 7.20. The average molecular weight is 223 g/mol. The molecule has 0 radical (unpaired) electrons. The molecule has 0 aliphatic rings. The van der Waals surface area contributed by atoms with Crippen LogP contribution in [0.5, 0.6) is 0 Å². The number of nitrogens with two attached hydrogens (primary N) is 1. The van der Waals surface area contributed by atoms with Gasteiger partial charge >= 0.3 is 0 Å². The summed E-state index contributed by atoms with van der Waals surface area (Å²) < 4.78 is 28.2. The summed E-state index contributed by atoms with van der Waals surface area (Å²) in [5, 5.41) is -0.349. The van der Waals surface area contributed by atoms with Crippen molar-refractivity contribution in [2.45, 2.75) is 31.9 Å². The van der Waals surface area contributed by atoms with Crippen molar-refractivity contribution >= 4 is 9.84 Å². The van der Waals surface area contributed by atoms with Crippen LogP contribution in [0.3, 0.4) is 0 Å². The summed E-state index contributed by atoms with van der Waals surface area (Å²) >= 11 is 0. The minimum Gasteiger partial charge on any atom is -0.380 e. The van der Waals surface area contributed by atoms with Crippen molar-refractivity contribution in [3.8, 4) is 0 Å². The van der Waals surface area contributed by atoms with Crippen LogP contribution in [0.2, 0.25) is 0 Å². The lowest BCUT2D eigenvalue weighted by Crippen LogP contribution is -2.26. The molecule has 0 aliphatic heterocycles. The van der Waals surface area contributed by atoms with Gasteiger partial charge in [-0.05, 0) is 26.3 Å². The van der Waals surface area contributed by atoms with Crippen molar-refractivity contribution in [2.24, 2.45) is 5.73 Å². The fraction of sp³-hybridized carbons (Fsp3) is 1.00. The van der Waals surface area contributed by atoms with Gasteiger partial charge in [0.1, 0.15) is 0 Å². The molecule has 0 aliphatic carbocycles. The summed E-state index contributed by atoms with van der Waals surface area (Å²) in [6, 6.07) is 0. The first-order valence-electron chi connectivity index (χ1n) is 5.04. The normalized spacial score (nSPS) is 14.2. The Hall–Kier alpha value is -0.130. The van der Waals surface area contributed by atoms with Gasteiger partial charge in [0.2, 0.25) is 0 Å². The van der Waals surface area contributed by atoms with E-state index in [9.17, 15) is 8.42 Å². The molecule has 0 aromatic carbocycles. The zero-order valence-electron chi connectivity index (χ0n) is 9.03. The molecule has 0 aromatic heterocycles. The highest BCUT2D eigenvalue weighted by molar-refractivity contribution is 7.92. The van der Waals surface area contributed by atoms with Crippen LogP contribution in [0.1, 0.15) is 26.7 Å². The molecule has 0 spiro atoms. The first-order valence-corrected chi connectivity index (χ1v) is 6.75. The van der Waals surface area contributed by atoms with Crippen molar-refractivity contribution in [3.05, 3.63) is 0 Å². The summed E-state index contributed by atoms with van der Waals surface area (Å²) in [6.45, 7) is 5.02. The number of hydrogen-bond acceptors (Lipinski definition) is 4. The lowest BCUT2D eigenvalue weighted by molar-refractivity contribution is 0.149. The summed E-state index contributed by atoms with van der Waals surface area (Å²) in [5.74, 6) is 0.105. The van der Waals surface area contributed by atoms with Crippen molar-refractivity contribution in [1.29, 1.82) is 0 Å². The van der Waals surface area contributed by atoms with Gasteiger partial charge < -0.3 is 10.5 Å². The molecule has 0 saturated heterocycles. The van der Waals surface area contributed by atoms with Crippen molar-refractivity contribution in [3.63, 3.8) is 0 Å². The highest BCUT2D eigenvalue weighted by Crippen LogP contribution is 2.05. The van der Waals surface area contributed by atoms with Crippen LogP contribution < -0.4 is 5.73 Å². The second-order valence-electron chi connectivity index (χ2n) is 3.37. The lowest BCUT2D eigenvalue weighted by atomic mass is 10.3. The molecule has 5 heteroatoms. The molecule has 0 aromatic rings. The van der Waals surface area contributed by atoms with Crippen LogP contribution >= 0.6 is 0 Å². The van der Waals surface area contributed by atoms with Gasteiger partial charge in [-0.15, -0.1) is 0 Å². The molecule has 4 nitrogen and oxygen atoms in total. The van der Waals surface area contributed by atoms with E-state index in [0.29, 0.717) is 26.2 Å². The van der Waals surface area contributed by atoms with E-state index in [2.05, 4.69) is 0 Å². The fourth-order valence-corrected chi connectivity index (χ4v) is 2.28. The Kier molecular flexibility index (Phi) is 7.13.